The molecule has 0 radical (unpaired) electrons. The molecule has 4 aliphatic rings. The zero-order chi connectivity index (χ0) is 30.1. The molecule has 0 unspecified atom stereocenters. The van der Waals surface area contributed by atoms with Gasteiger partial charge in [0.1, 0.15) is 11.4 Å². The minimum atomic E-state index is -1.53. The molecular weight excluding hydrogens is 534 g/mol. The van der Waals surface area contributed by atoms with Crippen LogP contribution in [-0.2, 0) is 30.3 Å². The minimum absolute atomic E-state index is 0.0242. The number of ether oxygens (including phenoxy) is 2. The van der Waals surface area contributed by atoms with Crippen molar-refractivity contribution in [3.05, 3.63) is 41.5 Å². The first-order valence-electron chi connectivity index (χ1n) is 15.5. The lowest BCUT2D eigenvalue weighted by Crippen LogP contribution is -2.58. The van der Waals surface area contributed by atoms with Crippen LogP contribution in [0.25, 0.3) is 0 Å². The fourth-order valence-electron chi connectivity index (χ4n) is 8.81. The van der Waals surface area contributed by atoms with Gasteiger partial charge in [-0.25, -0.2) is 0 Å². The smallest absolute Gasteiger partial charge is 0.306 e. The Hall–Kier alpha value is -3.00. The SMILES string of the molecule is COc1ccc(CCNC(=O)CCC(=O)OCC(=O)[C@@]2(O)CC[C@H]3[C@@H]4CCC5=CC(=O)CC[C@]5(C)[C@H]4CC[C@@]32C)cc1. The maximum absolute atomic E-state index is 13.4. The van der Waals surface area contributed by atoms with E-state index in [9.17, 15) is 24.3 Å². The van der Waals surface area contributed by atoms with Crippen LogP contribution in [-0.4, -0.2) is 54.4 Å². The number of rotatable bonds is 10. The summed E-state index contributed by atoms with van der Waals surface area (Å²) in [5.41, 5.74) is 0.296. The Morgan fingerprint density at radius 1 is 0.976 bits per heavy atom. The number of Topliss-reactive ketones (excluding diaryl/α,β-unsaturated/α-hetero) is 1. The van der Waals surface area contributed by atoms with Gasteiger partial charge in [-0.15, -0.1) is 0 Å². The molecule has 8 heteroatoms. The van der Waals surface area contributed by atoms with Gasteiger partial charge in [-0.1, -0.05) is 31.6 Å². The summed E-state index contributed by atoms with van der Waals surface area (Å²) < 4.78 is 10.4. The highest BCUT2D eigenvalue weighted by atomic mass is 16.5. The van der Waals surface area contributed by atoms with Crippen molar-refractivity contribution in [3.63, 3.8) is 0 Å². The van der Waals surface area contributed by atoms with E-state index in [1.807, 2.05) is 30.3 Å². The van der Waals surface area contributed by atoms with Crippen molar-refractivity contribution in [2.45, 2.75) is 90.1 Å². The second-order valence-electron chi connectivity index (χ2n) is 13.4. The van der Waals surface area contributed by atoms with Crippen LogP contribution in [0.4, 0.5) is 0 Å². The Bertz CT molecular complexity index is 1250. The van der Waals surface area contributed by atoms with E-state index >= 15 is 0 Å². The van der Waals surface area contributed by atoms with Crippen molar-refractivity contribution in [1.82, 2.24) is 5.32 Å². The van der Waals surface area contributed by atoms with Gasteiger partial charge in [0.05, 0.1) is 13.5 Å². The number of carbonyl (C=O) groups excluding carboxylic acids is 4. The largest absolute Gasteiger partial charge is 0.497 e. The molecule has 0 aromatic heterocycles. The van der Waals surface area contributed by atoms with Crippen molar-refractivity contribution in [1.29, 1.82) is 0 Å². The van der Waals surface area contributed by atoms with E-state index < -0.39 is 29.4 Å². The first kappa shape index (κ1) is 30.5. The number of esters is 1. The van der Waals surface area contributed by atoms with E-state index in [0.717, 1.165) is 49.8 Å². The molecule has 42 heavy (non-hydrogen) atoms. The van der Waals surface area contributed by atoms with E-state index in [-0.39, 0.29) is 35.9 Å². The van der Waals surface area contributed by atoms with E-state index in [1.165, 1.54) is 5.57 Å². The van der Waals surface area contributed by atoms with Crippen LogP contribution in [0, 0.1) is 28.6 Å². The lowest BCUT2D eigenvalue weighted by Gasteiger charge is -2.58. The van der Waals surface area contributed by atoms with Crippen molar-refractivity contribution in [3.8, 4) is 5.75 Å². The number of hydrogen-bond acceptors (Lipinski definition) is 7. The minimum Gasteiger partial charge on any atom is -0.497 e. The Labute approximate surface area is 248 Å². The molecule has 0 aliphatic heterocycles. The van der Waals surface area contributed by atoms with Crippen LogP contribution in [0.2, 0.25) is 0 Å². The summed E-state index contributed by atoms with van der Waals surface area (Å²) in [5, 5.41) is 14.6. The summed E-state index contributed by atoms with van der Waals surface area (Å²) in [4.78, 5) is 50.1. The molecule has 8 nitrogen and oxygen atoms in total. The van der Waals surface area contributed by atoms with E-state index in [2.05, 4.69) is 19.2 Å². The summed E-state index contributed by atoms with van der Waals surface area (Å²) in [7, 11) is 1.61. The summed E-state index contributed by atoms with van der Waals surface area (Å²) in [6.07, 6.45) is 8.60. The fraction of sp³-hybridized carbons (Fsp3) is 0.647. The fourth-order valence-corrected chi connectivity index (χ4v) is 8.81. The van der Waals surface area contributed by atoms with Crippen molar-refractivity contribution in [2.75, 3.05) is 20.3 Å². The molecule has 6 atom stereocenters. The second-order valence-corrected chi connectivity index (χ2v) is 13.4. The number of methoxy groups -OCH3 is 1. The average Bonchev–Trinajstić information content (AvgIpc) is 3.26. The molecule has 3 fully saturated rings. The number of fused-ring (bicyclic) bond motifs is 5. The Morgan fingerprint density at radius 3 is 2.45 bits per heavy atom. The number of nitrogens with one attached hydrogen (secondary N) is 1. The molecule has 1 amide bonds. The van der Waals surface area contributed by atoms with Crippen LogP contribution in [0.15, 0.2) is 35.9 Å². The van der Waals surface area contributed by atoms with Gasteiger partial charge in [0.15, 0.2) is 12.4 Å². The quantitative estimate of drug-likeness (QED) is 0.392. The zero-order valence-electron chi connectivity index (χ0n) is 25.2. The standard InChI is InChI=1S/C34H45NO7/c1-32-16-12-24(36)20-23(32)6-9-26-27(32)13-17-33(2)28(26)14-18-34(33,40)29(37)21-42-31(39)11-10-30(38)35-19-15-22-4-7-25(41-3)8-5-22/h4-5,7-8,20,26-28,40H,6,9-19,21H2,1-3H3,(H,35,38)/t26-,27+,28+,32+,33+,34+/m1/s1. The number of amides is 1. The van der Waals surface area contributed by atoms with Crippen LogP contribution in [0.3, 0.4) is 0 Å². The third-order valence-electron chi connectivity index (χ3n) is 11.4. The highest BCUT2D eigenvalue weighted by molar-refractivity contribution is 5.92. The predicted octanol–water partition coefficient (Wildman–Crippen LogP) is 4.51. The molecule has 1 aromatic rings. The Balaban J connectivity index is 1.09. The molecule has 0 heterocycles. The summed E-state index contributed by atoms with van der Waals surface area (Å²) in [6, 6.07) is 7.61. The monoisotopic (exact) mass is 579 g/mol. The molecule has 1 aromatic carbocycles. The van der Waals surface area contributed by atoms with Gasteiger partial charge in [-0.05, 0) is 98.3 Å². The molecule has 5 rings (SSSR count). The third kappa shape index (κ3) is 5.54. The summed E-state index contributed by atoms with van der Waals surface area (Å²) >= 11 is 0. The molecular formula is C34H45NO7. The van der Waals surface area contributed by atoms with Gasteiger partial charge in [-0.2, -0.15) is 0 Å². The van der Waals surface area contributed by atoms with Crippen molar-refractivity contribution in [2.24, 2.45) is 28.6 Å². The number of hydrogen-bond donors (Lipinski definition) is 2. The normalized spacial score (nSPS) is 33.5. The molecule has 228 valence electrons. The Kier molecular flexibility index (Phi) is 8.66. The van der Waals surface area contributed by atoms with Gasteiger partial charge >= 0.3 is 5.97 Å². The van der Waals surface area contributed by atoms with Crippen molar-refractivity contribution < 1.29 is 33.8 Å². The highest BCUT2D eigenvalue weighted by Gasteiger charge is 2.66. The summed E-state index contributed by atoms with van der Waals surface area (Å²) in [6.45, 7) is 4.34. The summed E-state index contributed by atoms with van der Waals surface area (Å²) in [5.74, 6) is 0.791. The molecule has 0 bridgehead atoms. The number of allylic oxidation sites excluding steroid dienone is 1. The number of benzene rings is 1. The lowest BCUT2D eigenvalue weighted by molar-refractivity contribution is -0.170. The number of aliphatic hydroxyl groups is 1. The second kappa shape index (κ2) is 11.9. The maximum atomic E-state index is 13.4. The van der Waals surface area contributed by atoms with Crippen LogP contribution in [0.5, 0.6) is 5.75 Å². The maximum Gasteiger partial charge on any atom is 0.306 e. The topological polar surface area (TPSA) is 119 Å². The first-order chi connectivity index (χ1) is 20.0. The molecule has 2 N–H and O–H groups in total. The molecule has 0 spiro atoms. The average molecular weight is 580 g/mol. The molecule has 4 aliphatic carbocycles. The first-order valence-corrected chi connectivity index (χ1v) is 15.5. The van der Waals surface area contributed by atoms with Gasteiger partial charge in [0, 0.05) is 24.8 Å². The zero-order valence-corrected chi connectivity index (χ0v) is 25.2. The van der Waals surface area contributed by atoms with Gasteiger partial charge < -0.3 is 19.9 Å². The van der Waals surface area contributed by atoms with Crippen LogP contribution < -0.4 is 10.1 Å². The predicted molar refractivity (Wildman–Crippen MR) is 157 cm³/mol. The van der Waals surface area contributed by atoms with E-state index in [4.69, 9.17) is 9.47 Å². The van der Waals surface area contributed by atoms with Crippen LogP contribution in [0.1, 0.15) is 83.6 Å². The lowest BCUT2D eigenvalue weighted by atomic mass is 9.46. The van der Waals surface area contributed by atoms with Crippen molar-refractivity contribution >= 4 is 23.4 Å². The third-order valence-corrected chi connectivity index (χ3v) is 11.4. The highest BCUT2D eigenvalue weighted by Crippen LogP contribution is 2.67. The molecule has 0 saturated heterocycles. The Morgan fingerprint density at radius 2 is 1.71 bits per heavy atom. The van der Waals surface area contributed by atoms with Gasteiger partial charge in [-0.3, -0.25) is 19.2 Å². The van der Waals surface area contributed by atoms with Crippen LogP contribution >= 0.6 is 0 Å². The van der Waals surface area contributed by atoms with E-state index in [1.54, 1.807) is 7.11 Å². The molecule has 3 saturated carbocycles. The van der Waals surface area contributed by atoms with Gasteiger partial charge in [0.25, 0.3) is 0 Å². The van der Waals surface area contributed by atoms with Gasteiger partial charge in [0.2, 0.25) is 11.7 Å². The van der Waals surface area contributed by atoms with E-state index in [0.29, 0.717) is 37.6 Å². The number of carbonyl (C=O) groups is 4. The number of ketones is 2.